The molecule has 19 heavy (non-hydrogen) atoms. The van der Waals surface area contributed by atoms with Crippen molar-refractivity contribution in [3.63, 3.8) is 0 Å². The van der Waals surface area contributed by atoms with Crippen molar-refractivity contribution < 1.29 is 9.53 Å². The lowest BCUT2D eigenvalue weighted by molar-refractivity contribution is -0.149. The molecule has 0 heterocycles. The molecule has 0 aliphatic carbocycles. The van der Waals surface area contributed by atoms with Gasteiger partial charge in [0, 0.05) is 11.8 Å². The highest BCUT2D eigenvalue weighted by molar-refractivity contribution is 9.09. The van der Waals surface area contributed by atoms with Gasteiger partial charge < -0.3 is 4.74 Å². The summed E-state index contributed by atoms with van der Waals surface area (Å²) in [6.07, 6.45) is 9.50. The van der Waals surface area contributed by atoms with Gasteiger partial charge in [0.2, 0.25) is 0 Å². The van der Waals surface area contributed by atoms with E-state index in [4.69, 9.17) is 4.74 Å². The Morgan fingerprint density at radius 3 is 2.21 bits per heavy atom. The number of carbonyl (C=O) groups is 1. The summed E-state index contributed by atoms with van der Waals surface area (Å²) >= 11 is 3.40. The summed E-state index contributed by atoms with van der Waals surface area (Å²) in [6.45, 7) is 6.59. The second kappa shape index (κ2) is 13.0. The van der Waals surface area contributed by atoms with Crippen LogP contribution in [0.5, 0.6) is 0 Å². The van der Waals surface area contributed by atoms with Crippen LogP contribution in [0.3, 0.4) is 0 Å². The van der Waals surface area contributed by atoms with E-state index in [-0.39, 0.29) is 12.1 Å². The number of unbranched alkanes of at least 4 members (excludes halogenated alkanes) is 2. The Bertz CT molecular complexity index is 215. The van der Waals surface area contributed by atoms with Crippen molar-refractivity contribution in [1.82, 2.24) is 0 Å². The number of hydrogen-bond acceptors (Lipinski definition) is 2. The van der Waals surface area contributed by atoms with Crippen LogP contribution < -0.4 is 0 Å². The molecule has 0 aromatic carbocycles. The first-order chi connectivity index (χ1) is 9.17. The SMILES string of the molecule is CCC(CC)CCC(CC)OC(=O)CCCCCBr. The Morgan fingerprint density at radius 2 is 1.68 bits per heavy atom. The molecule has 0 aromatic heterocycles. The van der Waals surface area contributed by atoms with Gasteiger partial charge in [-0.3, -0.25) is 4.79 Å². The summed E-state index contributed by atoms with van der Waals surface area (Å²) in [5.74, 6) is 0.776. The standard InChI is InChI=1S/C16H31BrO2/c1-4-14(5-2)11-12-15(6-3)19-16(18)10-8-7-9-13-17/h14-15H,4-13H2,1-3H3. The van der Waals surface area contributed by atoms with E-state index in [1.807, 2.05) is 0 Å². The summed E-state index contributed by atoms with van der Waals surface area (Å²) in [4.78, 5) is 11.7. The average molecular weight is 335 g/mol. The fourth-order valence-electron chi connectivity index (χ4n) is 2.25. The second-order valence-electron chi connectivity index (χ2n) is 5.28. The van der Waals surface area contributed by atoms with Crippen molar-refractivity contribution in [1.29, 1.82) is 0 Å². The summed E-state index contributed by atoms with van der Waals surface area (Å²) < 4.78 is 5.57. The number of esters is 1. The molecule has 0 N–H and O–H groups in total. The lowest BCUT2D eigenvalue weighted by Crippen LogP contribution is -2.18. The van der Waals surface area contributed by atoms with Crippen LogP contribution in [0.4, 0.5) is 0 Å². The van der Waals surface area contributed by atoms with Gasteiger partial charge in [-0.1, -0.05) is 56.0 Å². The van der Waals surface area contributed by atoms with Gasteiger partial charge in [-0.15, -0.1) is 0 Å². The van der Waals surface area contributed by atoms with E-state index in [0.717, 1.165) is 43.4 Å². The van der Waals surface area contributed by atoms with Crippen molar-refractivity contribution in [2.45, 2.75) is 84.7 Å². The molecule has 3 heteroatoms. The van der Waals surface area contributed by atoms with Gasteiger partial charge in [-0.05, 0) is 38.0 Å². The zero-order valence-corrected chi connectivity index (χ0v) is 14.5. The Morgan fingerprint density at radius 1 is 1.00 bits per heavy atom. The Kier molecular flexibility index (Phi) is 12.9. The molecule has 0 spiro atoms. The van der Waals surface area contributed by atoms with Gasteiger partial charge in [0.1, 0.15) is 6.10 Å². The quantitative estimate of drug-likeness (QED) is 0.268. The minimum Gasteiger partial charge on any atom is -0.462 e. The van der Waals surface area contributed by atoms with Crippen LogP contribution >= 0.6 is 15.9 Å². The van der Waals surface area contributed by atoms with Crippen molar-refractivity contribution in [3.05, 3.63) is 0 Å². The van der Waals surface area contributed by atoms with Gasteiger partial charge in [0.15, 0.2) is 0 Å². The van der Waals surface area contributed by atoms with Crippen LogP contribution in [0.15, 0.2) is 0 Å². The summed E-state index contributed by atoms with van der Waals surface area (Å²) in [6, 6.07) is 0. The van der Waals surface area contributed by atoms with Crippen LogP contribution in [-0.2, 0) is 9.53 Å². The number of hydrogen-bond donors (Lipinski definition) is 0. The minimum absolute atomic E-state index is 0.00836. The predicted octanol–water partition coefficient (Wildman–Crippen LogP) is 5.48. The average Bonchev–Trinajstić information content (AvgIpc) is 2.43. The van der Waals surface area contributed by atoms with Gasteiger partial charge >= 0.3 is 5.97 Å². The monoisotopic (exact) mass is 334 g/mol. The van der Waals surface area contributed by atoms with Crippen LogP contribution in [0.1, 0.15) is 78.6 Å². The van der Waals surface area contributed by atoms with E-state index in [1.165, 1.54) is 19.3 Å². The third kappa shape index (κ3) is 10.4. The van der Waals surface area contributed by atoms with Crippen molar-refractivity contribution in [2.24, 2.45) is 5.92 Å². The maximum Gasteiger partial charge on any atom is 0.306 e. The normalized spacial score (nSPS) is 12.7. The molecular formula is C16H31BrO2. The molecule has 0 bridgehead atoms. The molecule has 0 fully saturated rings. The highest BCUT2D eigenvalue weighted by atomic mass is 79.9. The largest absolute Gasteiger partial charge is 0.462 e. The lowest BCUT2D eigenvalue weighted by atomic mass is 9.95. The number of alkyl halides is 1. The van der Waals surface area contributed by atoms with Crippen LogP contribution in [0.2, 0.25) is 0 Å². The zero-order chi connectivity index (χ0) is 14.5. The molecule has 0 radical (unpaired) electrons. The van der Waals surface area contributed by atoms with Crippen molar-refractivity contribution in [2.75, 3.05) is 5.33 Å². The van der Waals surface area contributed by atoms with E-state index in [0.29, 0.717) is 6.42 Å². The minimum atomic E-state index is -0.00836. The van der Waals surface area contributed by atoms with E-state index in [1.54, 1.807) is 0 Å². The molecule has 0 saturated heterocycles. The zero-order valence-electron chi connectivity index (χ0n) is 12.9. The molecule has 0 amide bonds. The Hall–Kier alpha value is -0.0500. The summed E-state index contributed by atoms with van der Waals surface area (Å²) in [5.41, 5.74) is 0. The fraction of sp³-hybridized carbons (Fsp3) is 0.938. The topological polar surface area (TPSA) is 26.3 Å². The third-order valence-electron chi connectivity index (χ3n) is 3.82. The van der Waals surface area contributed by atoms with Gasteiger partial charge in [-0.25, -0.2) is 0 Å². The molecule has 0 aromatic rings. The molecule has 0 aliphatic rings. The van der Waals surface area contributed by atoms with E-state index < -0.39 is 0 Å². The van der Waals surface area contributed by atoms with E-state index >= 15 is 0 Å². The van der Waals surface area contributed by atoms with Gasteiger partial charge in [-0.2, -0.15) is 0 Å². The Labute approximate surface area is 127 Å². The van der Waals surface area contributed by atoms with Crippen LogP contribution in [0, 0.1) is 5.92 Å². The highest BCUT2D eigenvalue weighted by Gasteiger charge is 2.14. The first kappa shape index (κ1) is 18.9. The van der Waals surface area contributed by atoms with Crippen LogP contribution in [-0.4, -0.2) is 17.4 Å². The number of ether oxygens (including phenoxy) is 1. The molecular weight excluding hydrogens is 304 g/mol. The lowest BCUT2D eigenvalue weighted by Gasteiger charge is -2.19. The molecule has 2 nitrogen and oxygen atoms in total. The number of carbonyl (C=O) groups excluding carboxylic acids is 1. The van der Waals surface area contributed by atoms with Gasteiger partial charge in [0.25, 0.3) is 0 Å². The highest BCUT2D eigenvalue weighted by Crippen LogP contribution is 2.19. The first-order valence-corrected chi connectivity index (χ1v) is 9.05. The smallest absolute Gasteiger partial charge is 0.306 e. The number of rotatable bonds is 12. The van der Waals surface area contributed by atoms with Crippen molar-refractivity contribution in [3.8, 4) is 0 Å². The molecule has 0 saturated carbocycles. The second-order valence-corrected chi connectivity index (χ2v) is 6.07. The first-order valence-electron chi connectivity index (χ1n) is 7.93. The molecule has 1 unspecified atom stereocenters. The van der Waals surface area contributed by atoms with Crippen molar-refractivity contribution >= 4 is 21.9 Å². The Balaban J connectivity index is 3.81. The van der Waals surface area contributed by atoms with E-state index in [9.17, 15) is 4.79 Å². The summed E-state index contributed by atoms with van der Waals surface area (Å²) in [7, 11) is 0. The summed E-state index contributed by atoms with van der Waals surface area (Å²) in [5, 5.41) is 1.02. The van der Waals surface area contributed by atoms with Crippen LogP contribution in [0.25, 0.3) is 0 Å². The molecule has 0 aliphatic heterocycles. The van der Waals surface area contributed by atoms with E-state index in [2.05, 4.69) is 36.7 Å². The molecule has 0 rings (SSSR count). The van der Waals surface area contributed by atoms with Gasteiger partial charge in [0.05, 0.1) is 0 Å². The maximum atomic E-state index is 11.7. The molecule has 114 valence electrons. The third-order valence-corrected chi connectivity index (χ3v) is 4.38. The maximum absolute atomic E-state index is 11.7. The molecule has 1 atom stereocenters. The number of halogens is 1. The fourth-order valence-corrected chi connectivity index (χ4v) is 2.65. The predicted molar refractivity (Wildman–Crippen MR) is 85.7 cm³/mol.